The van der Waals surface area contributed by atoms with E-state index in [9.17, 15) is 4.39 Å². The lowest BCUT2D eigenvalue weighted by Gasteiger charge is -2.55. The summed E-state index contributed by atoms with van der Waals surface area (Å²) < 4.78 is 21.3. The van der Waals surface area contributed by atoms with Gasteiger partial charge in [0.15, 0.2) is 0 Å². The van der Waals surface area contributed by atoms with E-state index in [2.05, 4.69) is 142 Å². The predicted octanol–water partition coefficient (Wildman–Crippen LogP) is 19.1. The van der Waals surface area contributed by atoms with Crippen LogP contribution in [0.2, 0.25) is 0 Å². The van der Waals surface area contributed by atoms with Crippen LogP contribution in [0.3, 0.4) is 0 Å². The maximum Gasteiger partial charge on any atom is 0.119 e. The molecule has 0 aromatic heterocycles. The van der Waals surface area contributed by atoms with Crippen LogP contribution >= 0.6 is 0 Å². The summed E-state index contributed by atoms with van der Waals surface area (Å²) in [5, 5.41) is 0. The average molecular weight is 1070 g/mol. The lowest BCUT2D eigenvalue weighted by Crippen LogP contribution is -2.51. The molecule has 18 unspecified atom stereocenters. The predicted molar refractivity (Wildman–Crippen MR) is 327 cm³/mol. The number of rotatable bonds is 11. The molecule has 13 aliphatic rings. The van der Waals surface area contributed by atoms with Gasteiger partial charge in [-0.1, -0.05) is 159 Å². The zero-order valence-electron chi connectivity index (χ0n) is 49.7. The Balaban J connectivity index is 0.812. The van der Waals surface area contributed by atoms with E-state index >= 15 is 0 Å². The number of hydrogen-bond donors (Lipinski definition) is 0. The van der Waals surface area contributed by atoms with Crippen molar-refractivity contribution in [1.29, 1.82) is 0 Å². The SMILES string of the molecule is C=CC1=CCC(OC2CC=C(C3(C4CC=CCC4)C4C=CC=CC4C4CCC(N(C5=C(C)CC(C6CCC7C(C6)C6=CCCCC6N7C6C=CC(F)=CC6)C(C)C5)C5C=CC(C6=CC=C(C(C)(C)C)CC6)CC5)CC43)CC2)CC1. The first-order valence-corrected chi connectivity index (χ1v) is 33.2. The molecule has 424 valence electrons. The highest BCUT2D eigenvalue weighted by Crippen LogP contribution is 2.70. The van der Waals surface area contributed by atoms with Gasteiger partial charge in [0.2, 0.25) is 0 Å². The van der Waals surface area contributed by atoms with Crippen molar-refractivity contribution in [3.8, 4) is 0 Å². The van der Waals surface area contributed by atoms with Crippen LogP contribution in [0.1, 0.15) is 195 Å². The molecule has 0 radical (unpaired) electrons. The fourth-order valence-electron chi connectivity index (χ4n) is 20.7. The molecule has 0 N–H and O–H groups in total. The molecule has 0 aromatic rings. The van der Waals surface area contributed by atoms with E-state index in [-0.39, 0.29) is 16.7 Å². The van der Waals surface area contributed by atoms with Crippen molar-refractivity contribution in [2.75, 3.05) is 0 Å². The van der Waals surface area contributed by atoms with Gasteiger partial charge >= 0.3 is 0 Å². The lowest BCUT2D eigenvalue weighted by atomic mass is 9.52. The first kappa shape index (κ1) is 54.5. The lowest BCUT2D eigenvalue weighted by molar-refractivity contribution is -0.0264. The zero-order valence-corrected chi connectivity index (χ0v) is 49.7. The fourth-order valence-corrected chi connectivity index (χ4v) is 20.7. The van der Waals surface area contributed by atoms with Crippen LogP contribution in [0.15, 0.2) is 155 Å². The van der Waals surface area contributed by atoms with Gasteiger partial charge < -0.3 is 9.64 Å². The summed E-state index contributed by atoms with van der Waals surface area (Å²) in [5.41, 5.74) is 12.2. The summed E-state index contributed by atoms with van der Waals surface area (Å²) >= 11 is 0. The number of halogens is 1. The monoisotopic (exact) mass is 1060 g/mol. The second kappa shape index (κ2) is 22.8. The molecule has 3 nitrogen and oxygen atoms in total. The van der Waals surface area contributed by atoms with Crippen molar-refractivity contribution in [2.24, 2.45) is 70.0 Å². The number of allylic oxidation sites excluding steroid dienone is 19. The average Bonchev–Trinajstić information content (AvgIpc) is 4.21. The molecule has 4 fully saturated rings. The molecule has 13 rings (SSSR count). The van der Waals surface area contributed by atoms with Gasteiger partial charge in [-0.05, 0) is 244 Å². The van der Waals surface area contributed by atoms with Gasteiger partial charge in [-0.3, -0.25) is 4.90 Å². The van der Waals surface area contributed by atoms with Crippen molar-refractivity contribution < 1.29 is 9.13 Å². The second-order valence-corrected chi connectivity index (χ2v) is 29.3. The maximum absolute atomic E-state index is 14.3. The van der Waals surface area contributed by atoms with E-state index in [4.69, 9.17) is 4.74 Å². The third-order valence-corrected chi connectivity index (χ3v) is 24.4. The van der Waals surface area contributed by atoms with Crippen molar-refractivity contribution in [2.45, 2.75) is 238 Å². The Morgan fingerprint density at radius 1 is 0.759 bits per heavy atom. The summed E-state index contributed by atoms with van der Waals surface area (Å²) in [6.07, 6.45) is 73.0. The smallest absolute Gasteiger partial charge is 0.119 e. The molecule has 1 saturated heterocycles. The maximum atomic E-state index is 14.3. The van der Waals surface area contributed by atoms with Gasteiger partial charge in [0.25, 0.3) is 0 Å². The van der Waals surface area contributed by atoms with E-state index in [0.29, 0.717) is 83.8 Å². The first-order chi connectivity index (χ1) is 38.5. The number of ether oxygens (including phenoxy) is 1. The van der Waals surface area contributed by atoms with Gasteiger partial charge in [-0.25, -0.2) is 4.39 Å². The van der Waals surface area contributed by atoms with Gasteiger partial charge in [0.1, 0.15) is 5.83 Å². The highest BCUT2D eigenvalue weighted by atomic mass is 19.1. The van der Waals surface area contributed by atoms with Crippen LogP contribution in [0.5, 0.6) is 0 Å². The number of hydrogen-bond acceptors (Lipinski definition) is 3. The highest BCUT2D eigenvalue weighted by molar-refractivity contribution is 5.38. The highest BCUT2D eigenvalue weighted by Gasteiger charge is 2.64. The molecule has 0 bridgehead atoms. The Morgan fingerprint density at radius 2 is 1.62 bits per heavy atom. The molecule has 79 heavy (non-hydrogen) atoms. The molecule has 0 spiro atoms. The van der Waals surface area contributed by atoms with Crippen LogP contribution in [0, 0.1) is 70.0 Å². The summed E-state index contributed by atoms with van der Waals surface area (Å²) in [6, 6.07) is 2.53. The minimum absolute atomic E-state index is 0.0487. The number of nitrogens with zero attached hydrogens (tertiary/aromatic N) is 2. The van der Waals surface area contributed by atoms with Crippen molar-refractivity contribution in [3.63, 3.8) is 0 Å². The quantitative estimate of drug-likeness (QED) is 0.192. The zero-order chi connectivity index (χ0) is 54.0. The summed E-state index contributed by atoms with van der Waals surface area (Å²) in [6.45, 7) is 16.5. The van der Waals surface area contributed by atoms with Crippen molar-refractivity contribution in [1.82, 2.24) is 9.80 Å². The number of fused-ring (bicyclic) bond motifs is 6. The minimum Gasteiger partial charge on any atom is -0.374 e. The van der Waals surface area contributed by atoms with E-state index in [1.165, 1.54) is 134 Å². The molecule has 0 amide bonds. The fraction of sp³-hybridized carbons (Fsp3) is 0.653. The topological polar surface area (TPSA) is 15.7 Å². The van der Waals surface area contributed by atoms with E-state index in [1.807, 2.05) is 11.6 Å². The summed E-state index contributed by atoms with van der Waals surface area (Å²) in [4.78, 5) is 6.10. The molecule has 1 aliphatic heterocycles. The van der Waals surface area contributed by atoms with E-state index in [0.717, 1.165) is 49.9 Å². The summed E-state index contributed by atoms with van der Waals surface area (Å²) in [5.74, 6) is 6.73. The van der Waals surface area contributed by atoms with Crippen molar-refractivity contribution in [3.05, 3.63) is 155 Å². The Labute approximate surface area is 479 Å². The van der Waals surface area contributed by atoms with Gasteiger partial charge in [0, 0.05) is 41.3 Å². The van der Waals surface area contributed by atoms with Crippen LogP contribution in [0.25, 0.3) is 0 Å². The van der Waals surface area contributed by atoms with Gasteiger partial charge in [0.05, 0.1) is 12.2 Å². The first-order valence-electron chi connectivity index (χ1n) is 33.2. The van der Waals surface area contributed by atoms with Crippen LogP contribution in [-0.2, 0) is 4.74 Å². The molecule has 3 saturated carbocycles. The molecule has 4 heteroatoms. The van der Waals surface area contributed by atoms with E-state index < -0.39 is 0 Å². The molecule has 0 aromatic carbocycles. The largest absolute Gasteiger partial charge is 0.374 e. The summed E-state index contributed by atoms with van der Waals surface area (Å²) in [7, 11) is 0. The van der Waals surface area contributed by atoms with Crippen molar-refractivity contribution >= 4 is 0 Å². The van der Waals surface area contributed by atoms with Gasteiger partial charge in [-0.2, -0.15) is 0 Å². The molecule has 1 heterocycles. The molecular weight excluding hydrogens is 964 g/mol. The van der Waals surface area contributed by atoms with Gasteiger partial charge in [-0.15, -0.1) is 0 Å². The third-order valence-electron chi connectivity index (χ3n) is 24.4. The standard InChI is InChI=1S/C75H101FN2O/c1-7-51-21-39-62(40-22-51)79-63-41-30-57(31-42-63)75(56-15-9-8-10-16-56)69-19-13-11-17-64(69)65-43-38-61(48-70(65)75)77(59-34-25-53(26-35-59)52-23-28-55(29-24-52)74(4,5)6)73-46-49(2)67(45-50(73)3)54-27-44-72-68(47-54)66-18-12-14-20-71(66)78(72)60-36-32-58(76)33-37-60/h7-9,11,13,17-19,21,23,25,28,30,32-34,36,49,53-54,56,59-65,67-72H,1,10,12,14-16,20,22,24,26-27,29,31,35,37-48H2,2-6H3. The minimum atomic E-state index is -0.0487. The number of likely N-dealkylation sites (tertiary alicyclic amines) is 1. The Bertz CT molecular complexity index is 2690. The third kappa shape index (κ3) is 10.3. The normalized spacial score (nSPS) is 42.2. The molecule has 12 aliphatic carbocycles. The Kier molecular flexibility index (Phi) is 15.7. The Morgan fingerprint density at radius 3 is 2.34 bits per heavy atom. The second-order valence-electron chi connectivity index (χ2n) is 29.3. The van der Waals surface area contributed by atoms with Crippen LogP contribution < -0.4 is 0 Å². The van der Waals surface area contributed by atoms with Crippen LogP contribution in [-0.4, -0.2) is 52.2 Å². The van der Waals surface area contributed by atoms with Crippen LogP contribution in [0.4, 0.5) is 4.39 Å². The molecule has 18 atom stereocenters. The van der Waals surface area contributed by atoms with E-state index in [1.54, 1.807) is 34.1 Å². The Hall–Kier alpha value is -3.73. The molecular formula is C75H101FN2O.